The topological polar surface area (TPSA) is 41.1 Å². The smallest absolute Gasteiger partial charge is 0.261 e. The molecule has 2 N–H and O–H groups in total. The van der Waals surface area contributed by atoms with Crippen molar-refractivity contribution in [1.29, 1.82) is 0 Å². The van der Waals surface area contributed by atoms with E-state index in [0.29, 0.717) is 5.88 Å². The Labute approximate surface area is 108 Å². The van der Waals surface area contributed by atoms with Gasteiger partial charge in [-0.2, -0.15) is 0 Å². The average molecular weight is 262 g/mol. The fraction of sp³-hybridized carbons (Fsp3) is 0.0833. The zero-order valence-electron chi connectivity index (χ0n) is 8.90. The Kier molecular flexibility index (Phi) is 2.86. The first-order valence-electron chi connectivity index (χ1n) is 5.19. The average Bonchev–Trinajstić information content (AvgIpc) is 2.98. The first-order chi connectivity index (χ1) is 8.34. The van der Waals surface area contributed by atoms with Crippen LogP contribution in [-0.4, -0.2) is 11.8 Å². The van der Waals surface area contributed by atoms with Crippen LogP contribution in [0.4, 0.5) is 0 Å². The van der Waals surface area contributed by atoms with E-state index in [0.717, 1.165) is 21.2 Å². The monoisotopic (exact) mass is 262 g/mol. The second kappa shape index (κ2) is 4.50. The van der Waals surface area contributed by atoms with Gasteiger partial charge in [-0.25, -0.2) is 0 Å². The Morgan fingerprint density at radius 3 is 2.71 bits per heavy atom. The minimum Gasteiger partial charge on any atom is -0.348 e. The molecule has 0 radical (unpaired) electrons. The lowest BCUT2D eigenvalue weighted by molar-refractivity contribution is -0.116. The summed E-state index contributed by atoms with van der Waals surface area (Å²) in [6.07, 6.45) is 0. The van der Waals surface area contributed by atoms with E-state index in [2.05, 4.69) is 22.8 Å². The van der Waals surface area contributed by atoms with E-state index in [9.17, 15) is 4.79 Å². The summed E-state index contributed by atoms with van der Waals surface area (Å²) in [5, 5.41) is 9.07. The lowest BCUT2D eigenvalue weighted by Gasteiger charge is -2.05. The Bertz CT molecular complexity index is 523. The van der Waals surface area contributed by atoms with Crippen molar-refractivity contribution in [1.82, 2.24) is 10.6 Å². The molecule has 0 unspecified atom stereocenters. The molecular formula is C12H10N2OS2. The second-order valence-corrected chi connectivity index (χ2v) is 5.46. The van der Waals surface area contributed by atoms with Gasteiger partial charge in [0.1, 0.15) is 4.91 Å². The van der Waals surface area contributed by atoms with Crippen LogP contribution in [-0.2, 0) is 4.79 Å². The van der Waals surface area contributed by atoms with Gasteiger partial charge < -0.3 is 10.6 Å². The molecule has 0 bridgehead atoms. The van der Waals surface area contributed by atoms with Gasteiger partial charge in [0.25, 0.3) is 5.91 Å². The molecule has 0 aromatic heterocycles. The summed E-state index contributed by atoms with van der Waals surface area (Å²) in [6.45, 7) is 0. The SMILES string of the molecule is O=C1NCSC1=C1NC(c2ccccc2)=CS1. The number of hydrogen-bond donors (Lipinski definition) is 2. The molecule has 17 heavy (non-hydrogen) atoms. The standard InChI is InChI=1S/C12H10N2OS2/c15-11-10(17-7-13-11)12-14-9(6-16-12)8-4-2-1-3-5-8/h1-6,14H,7H2,(H,13,15). The molecule has 86 valence electrons. The summed E-state index contributed by atoms with van der Waals surface area (Å²) in [4.78, 5) is 12.3. The van der Waals surface area contributed by atoms with Crippen LogP contribution >= 0.6 is 23.5 Å². The minimum absolute atomic E-state index is 0.0210. The number of carbonyl (C=O) groups excluding carboxylic acids is 1. The van der Waals surface area contributed by atoms with Crippen LogP contribution in [0.15, 0.2) is 45.7 Å². The molecule has 1 fully saturated rings. The van der Waals surface area contributed by atoms with E-state index >= 15 is 0 Å². The maximum absolute atomic E-state index is 11.5. The summed E-state index contributed by atoms with van der Waals surface area (Å²) in [7, 11) is 0. The quantitative estimate of drug-likeness (QED) is 0.762. The molecule has 1 amide bonds. The Hall–Kier alpha value is -1.33. The Morgan fingerprint density at radius 1 is 1.18 bits per heavy atom. The Balaban J connectivity index is 1.84. The van der Waals surface area contributed by atoms with E-state index in [1.165, 1.54) is 0 Å². The number of hydrogen-bond acceptors (Lipinski definition) is 4. The highest BCUT2D eigenvalue weighted by atomic mass is 32.2. The third kappa shape index (κ3) is 2.08. The van der Waals surface area contributed by atoms with Gasteiger partial charge in [0.05, 0.1) is 16.6 Å². The summed E-state index contributed by atoms with van der Waals surface area (Å²) < 4.78 is 0. The molecule has 1 aromatic rings. The first-order valence-corrected chi connectivity index (χ1v) is 7.05. The van der Waals surface area contributed by atoms with E-state index in [-0.39, 0.29) is 5.91 Å². The van der Waals surface area contributed by atoms with Crippen molar-refractivity contribution >= 4 is 35.1 Å². The first kappa shape index (κ1) is 10.8. The van der Waals surface area contributed by atoms with Gasteiger partial charge in [-0.3, -0.25) is 4.79 Å². The zero-order chi connectivity index (χ0) is 11.7. The molecule has 0 saturated carbocycles. The summed E-state index contributed by atoms with van der Waals surface area (Å²) in [5.41, 5.74) is 2.19. The molecule has 3 rings (SSSR count). The van der Waals surface area contributed by atoms with Crippen molar-refractivity contribution in [3.05, 3.63) is 51.2 Å². The third-order valence-corrected chi connectivity index (χ3v) is 4.48. The molecule has 0 spiro atoms. The van der Waals surface area contributed by atoms with Crippen LogP contribution in [0.25, 0.3) is 5.70 Å². The van der Waals surface area contributed by atoms with Gasteiger partial charge in [-0.15, -0.1) is 0 Å². The molecule has 0 aliphatic carbocycles. The van der Waals surface area contributed by atoms with Crippen molar-refractivity contribution in [2.45, 2.75) is 0 Å². The van der Waals surface area contributed by atoms with E-state index in [1.54, 1.807) is 23.5 Å². The molecule has 5 heteroatoms. The number of thioether (sulfide) groups is 2. The second-order valence-electron chi connectivity index (χ2n) is 3.59. The van der Waals surface area contributed by atoms with Gasteiger partial charge in [0.15, 0.2) is 0 Å². The predicted molar refractivity (Wildman–Crippen MR) is 72.8 cm³/mol. The highest BCUT2D eigenvalue weighted by molar-refractivity contribution is 8.09. The lowest BCUT2D eigenvalue weighted by Crippen LogP contribution is -2.16. The number of nitrogens with one attached hydrogen (secondary N) is 2. The molecule has 0 atom stereocenters. The normalized spacial score (nSPS) is 23.3. The minimum atomic E-state index is 0.0210. The van der Waals surface area contributed by atoms with Crippen LogP contribution < -0.4 is 10.6 Å². The van der Waals surface area contributed by atoms with Gasteiger partial charge in [0, 0.05) is 5.41 Å². The number of benzene rings is 1. The van der Waals surface area contributed by atoms with Crippen LogP contribution in [0, 0.1) is 0 Å². The Morgan fingerprint density at radius 2 is 2.00 bits per heavy atom. The third-order valence-electron chi connectivity index (χ3n) is 2.49. The zero-order valence-corrected chi connectivity index (χ0v) is 10.5. The van der Waals surface area contributed by atoms with Crippen molar-refractivity contribution in [2.24, 2.45) is 0 Å². The van der Waals surface area contributed by atoms with Gasteiger partial charge in [0.2, 0.25) is 0 Å². The summed E-state index contributed by atoms with van der Waals surface area (Å²) in [6, 6.07) is 10.1. The van der Waals surface area contributed by atoms with E-state index in [1.807, 2.05) is 23.6 Å². The van der Waals surface area contributed by atoms with Crippen molar-refractivity contribution in [2.75, 3.05) is 5.88 Å². The van der Waals surface area contributed by atoms with Crippen molar-refractivity contribution in [3.8, 4) is 0 Å². The van der Waals surface area contributed by atoms with Crippen LogP contribution in [0.5, 0.6) is 0 Å². The molecular weight excluding hydrogens is 252 g/mol. The van der Waals surface area contributed by atoms with Crippen LogP contribution in [0.3, 0.4) is 0 Å². The molecule has 2 aliphatic heterocycles. The van der Waals surface area contributed by atoms with Gasteiger partial charge in [-0.1, -0.05) is 53.9 Å². The van der Waals surface area contributed by atoms with Gasteiger partial charge in [-0.05, 0) is 5.56 Å². The summed E-state index contributed by atoms with van der Waals surface area (Å²) in [5.74, 6) is 0.688. The number of amides is 1. The fourth-order valence-corrected chi connectivity index (χ4v) is 3.51. The molecule has 1 aromatic carbocycles. The maximum atomic E-state index is 11.5. The molecule has 2 heterocycles. The predicted octanol–water partition coefficient (Wildman–Crippen LogP) is 2.31. The van der Waals surface area contributed by atoms with Crippen molar-refractivity contribution < 1.29 is 4.79 Å². The van der Waals surface area contributed by atoms with Crippen LogP contribution in [0.1, 0.15) is 5.56 Å². The van der Waals surface area contributed by atoms with Crippen LogP contribution in [0.2, 0.25) is 0 Å². The maximum Gasteiger partial charge on any atom is 0.261 e. The summed E-state index contributed by atoms with van der Waals surface area (Å²) >= 11 is 3.12. The number of carbonyl (C=O) groups is 1. The van der Waals surface area contributed by atoms with Crippen molar-refractivity contribution in [3.63, 3.8) is 0 Å². The number of rotatable bonds is 1. The van der Waals surface area contributed by atoms with E-state index < -0.39 is 0 Å². The fourth-order valence-electron chi connectivity index (χ4n) is 1.66. The largest absolute Gasteiger partial charge is 0.348 e. The highest BCUT2D eigenvalue weighted by Gasteiger charge is 2.25. The molecule has 1 saturated heterocycles. The molecule has 2 aliphatic rings. The lowest BCUT2D eigenvalue weighted by atomic mass is 10.2. The molecule has 3 nitrogen and oxygen atoms in total. The van der Waals surface area contributed by atoms with Gasteiger partial charge >= 0.3 is 0 Å². The van der Waals surface area contributed by atoms with E-state index in [4.69, 9.17) is 0 Å². The highest BCUT2D eigenvalue weighted by Crippen LogP contribution is 2.36.